The Bertz CT molecular complexity index is 894. The first kappa shape index (κ1) is 15.0. The van der Waals surface area contributed by atoms with Crippen molar-refractivity contribution in [1.82, 2.24) is 20.0 Å². The van der Waals surface area contributed by atoms with E-state index in [1.54, 1.807) is 18.2 Å². The minimum Gasteiger partial charge on any atom is -0.299 e. The van der Waals surface area contributed by atoms with Crippen LogP contribution in [0, 0.1) is 5.82 Å². The first-order valence-corrected chi connectivity index (χ1v) is 7.40. The van der Waals surface area contributed by atoms with Crippen LogP contribution in [0.1, 0.15) is 0 Å². The number of nitrogens with one attached hydrogen (secondary N) is 1. The lowest BCUT2D eigenvalue weighted by Crippen LogP contribution is -2.29. The van der Waals surface area contributed by atoms with E-state index in [2.05, 4.69) is 20.6 Å². The van der Waals surface area contributed by atoms with Crippen molar-refractivity contribution in [2.75, 3.05) is 5.32 Å². The number of hydrogen-bond acceptors (Lipinski definition) is 6. The highest BCUT2D eigenvalue weighted by Crippen LogP contribution is 2.18. The van der Waals surface area contributed by atoms with Gasteiger partial charge in [0.2, 0.25) is 11.0 Å². The number of aromatic nitrogens is 4. The predicted octanol–water partition coefficient (Wildman–Crippen LogP) is 1.54. The fraction of sp³-hybridized carbons (Fsp3) is 0.0714. The van der Waals surface area contributed by atoms with Crippen molar-refractivity contribution >= 4 is 22.4 Å². The molecule has 1 N–H and O–H groups in total. The maximum Gasteiger partial charge on any atom is 0.267 e. The van der Waals surface area contributed by atoms with Crippen LogP contribution in [0.5, 0.6) is 0 Å². The van der Waals surface area contributed by atoms with Crippen molar-refractivity contribution in [3.8, 4) is 11.3 Å². The maximum atomic E-state index is 13.8. The lowest BCUT2D eigenvalue weighted by molar-refractivity contribution is -0.117. The van der Waals surface area contributed by atoms with Gasteiger partial charge in [-0.3, -0.25) is 14.9 Å². The minimum absolute atomic E-state index is 0.255. The molecule has 0 aliphatic heterocycles. The first-order chi connectivity index (χ1) is 11.1. The van der Waals surface area contributed by atoms with E-state index >= 15 is 0 Å². The highest BCUT2D eigenvalue weighted by molar-refractivity contribution is 7.13. The fourth-order valence-corrected chi connectivity index (χ4v) is 2.36. The first-order valence-electron chi connectivity index (χ1n) is 6.52. The molecule has 7 nitrogen and oxygen atoms in total. The summed E-state index contributed by atoms with van der Waals surface area (Å²) < 4.78 is 14.8. The van der Waals surface area contributed by atoms with Crippen molar-refractivity contribution in [2.45, 2.75) is 6.54 Å². The number of carbonyl (C=O) groups excluding carboxylic acids is 1. The second kappa shape index (κ2) is 6.44. The molecule has 1 amide bonds. The molecule has 116 valence electrons. The summed E-state index contributed by atoms with van der Waals surface area (Å²) in [5.41, 5.74) is 1.54. The van der Waals surface area contributed by atoms with E-state index in [-0.39, 0.29) is 17.8 Å². The van der Waals surface area contributed by atoms with Gasteiger partial charge in [-0.25, -0.2) is 9.07 Å². The van der Waals surface area contributed by atoms with Crippen molar-refractivity contribution in [3.63, 3.8) is 0 Å². The predicted molar refractivity (Wildman–Crippen MR) is 82.4 cm³/mol. The number of carbonyl (C=O) groups is 1. The van der Waals surface area contributed by atoms with Gasteiger partial charge in [-0.1, -0.05) is 23.5 Å². The second-order valence-electron chi connectivity index (χ2n) is 4.49. The standard InChI is InChI=1S/C14H10FN5O2S/c15-10-4-2-1-3-9(10)11-5-6-13(22)20(19-11)7-12(21)17-14-18-16-8-23-14/h1-6,8H,7H2,(H,17,18,21). The molecule has 0 fully saturated rings. The topological polar surface area (TPSA) is 89.8 Å². The zero-order valence-electron chi connectivity index (χ0n) is 11.6. The molecule has 23 heavy (non-hydrogen) atoms. The number of amides is 1. The van der Waals surface area contributed by atoms with E-state index in [4.69, 9.17) is 0 Å². The zero-order valence-corrected chi connectivity index (χ0v) is 12.5. The molecule has 0 aliphatic rings. The molecule has 3 aromatic rings. The number of halogens is 1. The molecule has 0 atom stereocenters. The molecule has 9 heteroatoms. The van der Waals surface area contributed by atoms with Crippen LogP contribution in [0.2, 0.25) is 0 Å². The van der Waals surface area contributed by atoms with Crippen molar-refractivity contribution in [2.24, 2.45) is 0 Å². The molecule has 0 saturated heterocycles. The summed E-state index contributed by atoms with van der Waals surface area (Å²) in [5.74, 6) is -0.925. The van der Waals surface area contributed by atoms with Crippen LogP contribution < -0.4 is 10.9 Å². The molecule has 0 radical (unpaired) electrons. The third-order valence-corrected chi connectivity index (χ3v) is 3.52. The normalized spacial score (nSPS) is 10.5. The number of anilines is 1. The van der Waals surface area contributed by atoms with E-state index in [1.807, 2.05) is 0 Å². The van der Waals surface area contributed by atoms with Crippen molar-refractivity contribution in [3.05, 3.63) is 58.1 Å². The van der Waals surface area contributed by atoms with Crippen LogP contribution in [-0.2, 0) is 11.3 Å². The van der Waals surface area contributed by atoms with Gasteiger partial charge in [-0.15, -0.1) is 10.2 Å². The van der Waals surface area contributed by atoms with Gasteiger partial charge in [0.1, 0.15) is 17.9 Å². The molecular weight excluding hydrogens is 321 g/mol. The van der Waals surface area contributed by atoms with Crippen LogP contribution in [0.3, 0.4) is 0 Å². The Labute approximate surface area is 133 Å². The molecule has 0 unspecified atom stereocenters. The van der Waals surface area contributed by atoms with Gasteiger partial charge < -0.3 is 0 Å². The molecule has 3 rings (SSSR count). The van der Waals surface area contributed by atoms with Gasteiger partial charge in [0, 0.05) is 11.6 Å². The largest absolute Gasteiger partial charge is 0.299 e. The highest BCUT2D eigenvalue weighted by atomic mass is 32.1. The van der Waals surface area contributed by atoms with E-state index < -0.39 is 17.3 Å². The minimum atomic E-state index is -0.470. The molecule has 2 heterocycles. The number of rotatable bonds is 4. The van der Waals surface area contributed by atoms with Crippen LogP contribution in [0.4, 0.5) is 9.52 Å². The summed E-state index contributed by atoms with van der Waals surface area (Å²) in [6.45, 7) is -0.305. The Balaban J connectivity index is 1.85. The molecule has 0 saturated carbocycles. The molecular formula is C14H10FN5O2S. The monoisotopic (exact) mass is 331 g/mol. The molecule has 1 aromatic carbocycles. The Morgan fingerprint density at radius 2 is 2.09 bits per heavy atom. The Morgan fingerprint density at radius 3 is 2.83 bits per heavy atom. The average molecular weight is 331 g/mol. The van der Waals surface area contributed by atoms with Gasteiger partial charge in [0.25, 0.3) is 5.56 Å². The number of benzene rings is 1. The lowest BCUT2D eigenvalue weighted by Gasteiger charge is -2.07. The summed E-state index contributed by atoms with van der Waals surface area (Å²) in [4.78, 5) is 23.7. The summed E-state index contributed by atoms with van der Waals surface area (Å²) in [6.07, 6.45) is 0. The van der Waals surface area contributed by atoms with Gasteiger partial charge in [0.15, 0.2) is 0 Å². The van der Waals surface area contributed by atoms with Crippen LogP contribution in [-0.4, -0.2) is 25.9 Å². The highest BCUT2D eigenvalue weighted by Gasteiger charge is 2.11. The van der Waals surface area contributed by atoms with Gasteiger partial charge >= 0.3 is 0 Å². The van der Waals surface area contributed by atoms with Gasteiger partial charge in [-0.05, 0) is 18.2 Å². The average Bonchev–Trinajstić information content (AvgIpc) is 3.03. The molecule has 2 aromatic heterocycles. The molecule has 0 aliphatic carbocycles. The van der Waals surface area contributed by atoms with Crippen LogP contribution in [0.15, 0.2) is 46.7 Å². The van der Waals surface area contributed by atoms with Gasteiger partial charge in [-0.2, -0.15) is 5.10 Å². The van der Waals surface area contributed by atoms with Crippen LogP contribution >= 0.6 is 11.3 Å². The second-order valence-corrected chi connectivity index (χ2v) is 5.32. The molecule has 0 bridgehead atoms. The van der Waals surface area contributed by atoms with E-state index in [0.717, 1.165) is 16.0 Å². The third-order valence-electron chi connectivity index (χ3n) is 2.92. The van der Waals surface area contributed by atoms with Gasteiger partial charge in [0.05, 0.1) is 5.69 Å². The summed E-state index contributed by atoms with van der Waals surface area (Å²) in [7, 11) is 0. The molecule has 0 spiro atoms. The van der Waals surface area contributed by atoms with E-state index in [9.17, 15) is 14.0 Å². The summed E-state index contributed by atoms with van der Waals surface area (Å²) in [5, 5.41) is 14.1. The Kier molecular flexibility index (Phi) is 4.20. The number of nitrogens with zero attached hydrogens (tertiary/aromatic N) is 4. The fourth-order valence-electron chi connectivity index (χ4n) is 1.90. The zero-order chi connectivity index (χ0) is 16.2. The maximum absolute atomic E-state index is 13.8. The summed E-state index contributed by atoms with van der Waals surface area (Å²) >= 11 is 1.16. The Hall–Kier alpha value is -2.94. The van der Waals surface area contributed by atoms with E-state index in [0.29, 0.717) is 5.13 Å². The summed E-state index contributed by atoms with van der Waals surface area (Å²) in [6, 6.07) is 8.73. The quantitative estimate of drug-likeness (QED) is 0.783. The Morgan fingerprint density at radius 1 is 1.26 bits per heavy atom. The van der Waals surface area contributed by atoms with Crippen molar-refractivity contribution in [1.29, 1.82) is 0 Å². The van der Waals surface area contributed by atoms with E-state index in [1.165, 1.54) is 23.7 Å². The lowest BCUT2D eigenvalue weighted by atomic mass is 10.1. The SMILES string of the molecule is O=C(Cn1nc(-c2ccccc2F)ccc1=O)Nc1nncs1. The smallest absolute Gasteiger partial charge is 0.267 e. The van der Waals surface area contributed by atoms with Crippen LogP contribution in [0.25, 0.3) is 11.3 Å². The number of hydrogen-bond donors (Lipinski definition) is 1. The third kappa shape index (κ3) is 3.46. The van der Waals surface area contributed by atoms with Crippen molar-refractivity contribution < 1.29 is 9.18 Å².